The van der Waals surface area contributed by atoms with Gasteiger partial charge in [0.15, 0.2) is 0 Å². The van der Waals surface area contributed by atoms with E-state index in [2.05, 4.69) is 23.7 Å². The van der Waals surface area contributed by atoms with Gasteiger partial charge in [-0.2, -0.15) is 0 Å². The fourth-order valence-electron chi connectivity index (χ4n) is 2.15. The molecule has 0 spiro atoms. The molecule has 0 aromatic carbocycles. The second-order valence-electron chi connectivity index (χ2n) is 4.39. The average molecular weight is 271 g/mol. The summed E-state index contributed by atoms with van der Waals surface area (Å²) in [4.78, 5) is 6.77. The Hall–Kier alpha value is -0.640. The normalized spacial score (nSPS) is 11.4. The largest absolute Gasteiger partial charge is 0.383 e. The minimum absolute atomic E-state index is 0.559. The van der Waals surface area contributed by atoms with Crippen molar-refractivity contribution >= 4 is 11.6 Å². The van der Waals surface area contributed by atoms with Gasteiger partial charge in [-0.3, -0.25) is 4.90 Å². The smallest absolute Gasteiger partial charge is 0.129 e. The third-order valence-corrected chi connectivity index (χ3v) is 3.39. The van der Waals surface area contributed by atoms with Crippen LogP contribution in [-0.2, 0) is 11.3 Å². The maximum atomic E-state index is 5.93. The SMILES string of the molecule is CCC(CC)N(CCOC)Cc1cccc(Cl)n1. The fourth-order valence-corrected chi connectivity index (χ4v) is 2.33. The third kappa shape index (κ3) is 4.92. The summed E-state index contributed by atoms with van der Waals surface area (Å²) in [5.74, 6) is 0. The summed E-state index contributed by atoms with van der Waals surface area (Å²) in [6, 6.07) is 6.35. The van der Waals surface area contributed by atoms with E-state index < -0.39 is 0 Å². The van der Waals surface area contributed by atoms with E-state index >= 15 is 0 Å². The Morgan fingerprint density at radius 2 is 2.06 bits per heavy atom. The zero-order valence-corrected chi connectivity index (χ0v) is 12.3. The Morgan fingerprint density at radius 1 is 1.33 bits per heavy atom. The molecule has 102 valence electrons. The second-order valence-corrected chi connectivity index (χ2v) is 4.77. The molecule has 0 aliphatic rings. The van der Waals surface area contributed by atoms with Crippen molar-refractivity contribution in [3.05, 3.63) is 29.0 Å². The Kier molecular flexibility index (Phi) is 7.25. The van der Waals surface area contributed by atoms with E-state index in [1.807, 2.05) is 18.2 Å². The molecule has 0 aliphatic heterocycles. The Morgan fingerprint density at radius 3 is 2.61 bits per heavy atom. The molecule has 4 heteroatoms. The molecule has 0 fully saturated rings. The first-order valence-corrected chi connectivity index (χ1v) is 6.93. The van der Waals surface area contributed by atoms with Gasteiger partial charge in [0, 0.05) is 26.2 Å². The van der Waals surface area contributed by atoms with Gasteiger partial charge in [0.05, 0.1) is 12.3 Å². The quantitative estimate of drug-likeness (QED) is 0.677. The molecular formula is C14H23ClN2O. The van der Waals surface area contributed by atoms with Crippen LogP contribution in [0.3, 0.4) is 0 Å². The Balaban J connectivity index is 2.70. The molecule has 0 radical (unpaired) electrons. The lowest BCUT2D eigenvalue weighted by Gasteiger charge is -2.29. The molecule has 1 heterocycles. The van der Waals surface area contributed by atoms with Crippen molar-refractivity contribution in [3.8, 4) is 0 Å². The van der Waals surface area contributed by atoms with E-state index in [-0.39, 0.29) is 0 Å². The lowest BCUT2D eigenvalue weighted by Crippen LogP contribution is -2.36. The van der Waals surface area contributed by atoms with Gasteiger partial charge in [0.2, 0.25) is 0 Å². The van der Waals surface area contributed by atoms with Gasteiger partial charge < -0.3 is 4.74 Å². The highest BCUT2D eigenvalue weighted by atomic mass is 35.5. The molecule has 1 aromatic heterocycles. The molecule has 0 saturated heterocycles. The van der Waals surface area contributed by atoms with Gasteiger partial charge in [0.25, 0.3) is 0 Å². The highest BCUT2D eigenvalue weighted by Crippen LogP contribution is 2.13. The van der Waals surface area contributed by atoms with Crippen LogP contribution in [0.25, 0.3) is 0 Å². The number of ether oxygens (including phenoxy) is 1. The maximum Gasteiger partial charge on any atom is 0.129 e. The van der Waals surface area contributed by atoms with Crippen molar-refractivity contribution in [1.29, 1.82) is 0 Å². The van der Waals surface area contributed by atoms with Crippen LogP contribution >= 0.6 is 11.6 Å². The molecule has 0 unspecified atom stereocenters. The van der Waals surface area contributed by atoms with Gasteiger partial charge in [-0.25, -0.2) is 4.98 Å². The zero-order chi connectivity index (χ0) is 13.4. The van der Waals surface area contributed by atoms with Crippen molar-refractivity contribution in [2.75, 3.05) is 20.3 Å². The number of nitrogens with zero attached hydrogens (tertiary/aromatic N) is 2. The zero-order valence-electron chi connectivity index (χ0n) is 11.5. The van der Waals surface area contributed by atoms with Gasteiger partial charge in [0.1, 0.15) is 5.15 Å². The Labute approximate surface area is 115 Å². The number of aromatic nitrogens is 1. The summed E-state index contributed by atoms with van der Waals surface area (Å²) in [5, 5.41) is 0.559. The first-order valence-electron chi connectivity index (χ1n) is 6.55. The first-order chi connectivity index (χ1) is 8.71. The number of rotatable bonds is 8. The second kappa shape index (κ2) is 8.46. The van der Waals surface area contributed by atoms with Crippen LogP contribution in [0.4, 0.5) is 0 Å². The highest BCUT2D eigenvalue weighted by molar-refractivity contribution is 6.29. The van der Waals surface area contributed by atoms with E-state index in [9.17, 15) is 0 Å². The summed E-state index contributed by atoms with van der Waals surface area (Å²) in [5.41, 5.74) is 1.02. The standard InChI is InChI=1S/C14H23ClN2O/c1-4-13(5-2)17(9-10-18-3)11-12-7-6-8-14(15)16-12/h6-8,13H,4-5,9-11H2,1-3H3. The first kappa shape index (κ1) is 15.4. The van der Waals surface area contributed by atoms with Gasteiger partial charge in [-0.15, -0.1) is 0 Å². The molecule has 0 bridgehead atoms. The van der Waals surface area contributed by atoms with E-state index in [0.29, 0.717) is 11.2 Å². The molecule has 0 N–H and O–H groups in total. The topological polar surface area (TPSA) is 25.4 Å². The number of hydrogen-bond acceptors (Lipinski definition) is 3. The average Bonchev–Trinajstić information content (AvgIpc) is 2.37. The van der Waals surface area contributed by atoms with Gasteiger partial charge >= 0.3 is 0 Å². The van der Waals surface area contributed by atoms with Crippen molar-refractivity contribution in [2.24, 2.45) is 0 Å². The Bertz CT molecular complexity index is 342. The molecule has 0 atom stereocenters. The summed E-state index contributed by atoms with van der Waals surface area (Å²) in [6.07, 6.45) is 2.28. The van der Waals surface area contributed by atoms with Crippen molar-refractivity contribution in [1.82, 2.24) is 9.88 Å². The minimum atomic E-state index is 0.559. The van der Waals surface area contributed by atoms with Gasteiger partial charge in [-0.05, 0) is 25.0 Å². The molecule has 0 aliphatic carbocycles. The summed E-state index contributed by atoms with van der Waals surface area (Å²) < 4.78 is 5.18. The van der Waals surface area contributed by atoms with Crippen LogP contribution in [0, 0.1) is 0 Å². The van der Waals surface area contributed by atoms with Crippen LogP contribution in [0.2, 0.25) is 5.15 Å². The van der Waals surface area contributed by atoms with E-state index in [4.69, 9.17) is 16.3 Å². The van der Waals surface area contributed by atoms with Crippen molar-refractivity contribution < 1.29 is 4.74 Å². The molecule has 0 amide bonds. The number of halogens is 1. The summed E-state index contributed by atoms with van der Waals surface area (Å²) >= 11 is 5.93. The molecule has 0 saturated carbocycles. The molecule has 18 heavy (non-hydrogen) atoms. The number of pyridine rings is 1. The van der Waals surface area contributed by atoms with Crippen LogP contribution in [0.15, 0.2) is 18.2 Å². The third-order valence-electron chi connectivity index (χ3n) is 3.18. The molecule has 3 nitrogen and oxygen atoms in total. The van der Waals surface area contributed by atoms with E-state index in [0.717, 1.165) is 38.2 Å². The van der Waals surface area contributed by atoms with E-state index in [1.54, 1.807) is 7.11 Å². The lowest BCUT2D eigenvalue weighted by molar-refractivity contribution is 0.109. The van der Waals surface area contributed by atoms with Gasteiger partial charge in [-0.1, -0.05) is 31.5 Å². The van der Waals surface area contributed by atoms with Crippen molar-refractivity contribution in [2.45, 2.75) is 39.3 Å². The fraction of sp³-hybridized carbons (Fsp3) is 0.643. The summed E-state index contributed by atoms with van der Waals surface area (Å²) in [6.45, 7) is 6.95. The van der Waals surface area contributed by atoms with Crippen LogP contribution in [-0.4, -0.2) is 36.2 Å². The number of methoxy groups -OCH3 is 1. The highest BCUT2D eigenvalue weighted by Gasteiger charge is 2.15. The summed E-state index contributed by atoms with van der Waals surface area (Å²) in [7, 11) is 1.74. The molecule has 1 rings (SSSR count). The molecular weight excluding hydrogens is 248 g/mol. The lowest BCUT2D eigenvalue weighted by atomic mass is 10.1. The van der Waals surface area contributed by atoms with E-state index in [1.165, 1.54) is 0 Å². The monoisotopic (exact) mass is 270 g/mol. The number of hydrogen-bond donors (Lipinski definition) is 0. The van der Waals surface area contributed by atoms with Crippen molar-refractivity contribution in [3.63, 3.8) is 0 Å². The maximum absolute atomic E-state index is 5.93. The van der Waals surface area contributed by atoms with Crippen LogP contribution in [0.1, 0.15) is 32.4 Å². The predicted octanol–water partition coefficient (Wildman–Crippen LogP) is 3.37. The predicted molar refractivity (Wildman–Crippen MR) is 75.9 cm³/mol. The minimum Gasteiger partial charge on any atom is -0.383 e. The van der Waals surface area contributed by atoms with Crippen LogP contribution in [0.5, 0.6) is 0 Å². The van der Waals surface area contributed by atoms with Crippen LogP contribution < -0.4 is 0 Å². The molecule has 1 aromatic rings.